The predicted molar refractivity (Wildman–Crippen MR) is 146 cm³/mol. The van der Waals surface area contributed by atoms with E-state index in [1.807, 2.05) is 0 Å². The molecule has 0 amide bonds. The standard InChI is InChI=1S/C29H23F2N5O3S/c1-36(40(38,39)16-17-5-3-2-4-6-17)24-10-9-23(30)25(26(24)31)27(37)22-15-35-29-21(22)11-19(12-34-29)20-13-32-28(33-14-20)18-7-8-18/h2-6,9-15,18,37H,7-8,16H2,1H3/p-1. The quantitative estimate of drug-likeness (QED) is 0.307. The fraction of sp³-hybridized carbons (Fsp3) is 0.172. The molecule has 0 spiro atoms. The van der Waals surface area contributed by atoms with Crippen molar-refractivity contribution in [3.63, 3.8) is 0 Å². The maximum Gasteiger partial charge on any atom is 0.239 e. The van der Waals surface area contributed by atoms with Crippen LogP contribution in [0.5, 0.6) is 0 Å². The minimum atomic E-state index is -4.05. The van der Waals surface area contributed by atoms with E-state index < -0.39 is 44.4 Å². The second kappa shape index (κ2) is 9.91. The molecule has 1 aliphatic carbocycles. The molecule has 40 heavy (non-hydrogen) atoms. The third kappa shape index (κ3) is 4.73. The highest BCUT2D eigenvalue weighted by Crippen LogP contribution is 2.39. The van der Waals surface area contributed by atoms with Crippen LogP contribution < -0.4 is 9.41 Å². The monoisotopic (exact) mass is 558 g/mol. The Kier molecular flexibility index (Phi) is 6.38. The van der Waals surface area contributed by atoms with Gasteiger partial charge in [-0.15, -0.1) is 0 Å². The second-order valence-electron chi connectivity index (χ2n) is 9.67. The largest absolute Gasteiger partial charge is 0.871 e. The molecule has 1 saturated carbocycles. The molecule has 0 unspecified atom stereocenters. The van der Waals surface area contributed by atoms with E-state index in [1.165, 1.54) is 6.21 Å². The van der Waals surface area contributed by atoms with Gasteiger partial charge >= 0.3 is 0 Å². The van der Waals surface area contributed by atoms with Crippen molar-refractivity contribution < 1.29 is 22.3 Å². The summed E-state index contributed by atoms with van der Waals surface area (Å²) in [7, 11) is -2.89. The number of fused-ring (bicyclic) bond motifs is 1. The van der Waals surface area contributed by atoms with E-state index in [9.17, 15) is 17.9 Å². The van der Waals surface area contributed by atoms with Crippen molar-refractivity contribution in [2.75, 3.05) is 11.4 Å². The van der Waals surface area contributed by atoms with Crippen LogP contribution in [-0.2, 0) is 15.8 Å². The normalized spacial score (nSPS) is 15.7. The number of hydrogen-bond donors (Lipinski definition) is 0. The van der Waals surface area contributed by atoms with Gasteiger partial charge in [-0.2, -0.15) is 0 Å². The summed E-state index contributed by atoms with van der Waals surface area (Å²) >= 11 is 0. The maximum atomic E-state index is 15.7. The lowest BCUT2D eigenvalue weighted by molar-refractivity contribution is -0.243. The number of sulfonamides is 1. The number of hydrogen-bond acceptors (Lipinski definition) is 7. The first kappa shape index (κ1) is 25.8. The van der Waals surface area contributed by atoms with Crippen LogP contribution in [0.4, 0.5) is 20.3 Å². The number of pyridine rings is 1. The number of benzene rings is 2. The lowest BCUT2D eigenvalue weighted by Gasteiger charge is -2.24. The van der Waals surface area contributed by atoms with Crippen LogP contribution in [0.15, 0.2) is 72.1 Å². The molecule has 3 heterocycles. The van der Waals surface area contributed by atoms with Gasteiger partial charge in [0.1, 0.15) is 11.6 Å². The predicted octanol–water partition coefficient (Wildman–Crippen LogP) is 4.60. The minimum Gasteiger partial charge on any atom is -0.871 e. The first-order chi connectivity index (χ1) is 19.2. The van der Waals surface area contributed by atoms with Gasteiger partial charge in [-0.3, -0.25) is 4.31 Å². The first-order valence-corrected chi connectivity index (χ1v) is 14.1. The number of aliphatic imine (C=N–C) groups is 1. The van der Waals surface area contributed by atoms with Crippen LogP contribution in [0, 0.1) is 11.6 Å². The van der Waals surface area contributed by atoms with E-state index in [2.05, 4.69) is 19.9 Å². The molecular weight excluding hydrogens is 536 g/mol. The van der Waals surface area contributed by atoms with Crippen LogP contribution in [0.3, 0.4) is 0 Å². The zero-order chi connectivity index (χ0) is 28.0. The van der Waals surface area contributed by atoms with Gasteiger partial charge in [0.05, 0.1) is 11.4 Å². The second-order valence-corrected chi connectivity index (χ2v) is 11.7. The van der Waals surface area contributed by atoms with Crippen LogP contribution in [0.1, 0.15) is 41.3 Å². The van der Waals surface area contributed by atoms with Gasteiger partial charge in [0.15, 0.2) is 11.6 Å². The van der Waals surface area contributed by atoms with Crippen LogP contribution in [0.2, 0.25) is 0 Å². The van der Waals surface area contributed by atoms with Crippen molar-refractivity contribution in [2.24, 2.45) is 4.99 Å². The summed E-state index contributed by atoms with van der Waals surface area (Å²) in [6.45, 7) is 0. The molecule has 8 nitrogen and oxygen atoms in total. The number of allylic oxidation sites excluding steroid dienone is 1. The molecular formula is C29H22F2N5O3S-. The summed E-state index contributed by atoms with van der Waals surface area (Å²) < 4.78 is 57.4. The molecule has 0 radical (unpaired) electrons. The molecule has 0 atom stereocenters. The Bertz CT molecular complexity index is 1790. The maximum absolute atomic E-state index is 15.7. The third-order valence-corrected chi connectivity index (χ3v) is 8.64. The highest BCUT2D eigenvalue weighted by Gasteiger charge is 2.27. The Morgan fingerprint density at radius 1 is 1.00 bits per heavy atom. The van der Waals surface area contributed by atoms with Gasteiger partial charge in [-0.25, -0.2) is 37.1 Å². The SMILES string of the molecule is CN(c1ccc(F)c(C([O-])=C2C=Nc3ncc(-c4cnc(C5CC5)nc4)cc32)c1F)S(=O)(=O)Cc1ccccc1. The smallest absolute Gasteiger partial charge is 0.239 e. The molecule has 2 aromatic carbocycles. The number of rotatable bonds is 7. The number of nitrogens with zero attached hydrogens (tertiary/aromatic N) is 5. The van der Waals surface area contributed by atoms with Crippen molar-refractivity contribution in [3.8, 4) is 11.1 Å². The molecule has 2 aromatic heterocycles. The summed E-state index contributed by atoms with van der Waals surface area (Å²) in [6, 6.07) is 11.9. The Hall–Kier alpha value is -4.51. The zero-order valence-electron chi connectivity index (χ0n) is 21.3. The number of halogens is 2. The third-order valence-electron chi connectivity index (χ3n) is 6.91. The van der Waals surface area contributed by atoms with E-state index in [1.54, 1.807) is 55.0 Å². The van der Waals surface area contributed by atoms with Crippen molar-refractivity contribution in [1.82, 2.24) is 15.0 Å². The van der Waals surface area contributed by atoms with Gasteiger partial charge in [0.25, 0.3) is 0 Å². The van der Waals surface area contributed by atoms with E-state index in [4.69, 9.17) is 0 Å². The van der Waals surface area contributed by atoms with Crippen LogP contribution in [-0.4, -0.2) is 36.6 Å². The Balaban J connectivity index is 1.36. The average molecular weight is 559 g/mol. The van der Waals surface area contributed by atoms with Gasteiger partial charge in [0.2, 0.25) is 10.0 Å². The van der Waals surface area contributed by atoms with Crippen LogP contribution >= 0.6 is 0 Å². The molecule has 0 saturated heterocycles. The topological polar surface area (TPSA) is 111 Å². The van der Waals surface area contributed by atoms with Gasteiger partial charge < -0.3 is 5.11 Å². The van der Waals surface area contributed by atoms with E-state index in [0.717, 1.165) is 42.2 Å². The van der Waals surface area contributed by atoms with Crippen molar-refractivity contribution in [2.45, 2.75) is 24.5 Å². The Labute approximate surface area is 229 Å². The Morgan fingerprint density at radius 2 is 1.70 bits per heavy atom. The molecule has 4 aromatic rings. The van der Waals surface area contributed by atoms with Gasteiger partial charge in [-0.05, 0) is 42.2 Å². The van der Waals surface area contributed by atoms with Crippen LogP contribution in [0.25, 0.3) is 22.5 Å². The Morgan fingerprint density at radius 3 is 2.40 bits per heavy atom. The molecule has 6 rings (SSSR count). The molecule has 0 N–H and O–H groups in total. The molecule has 1 fully saturated rings. The van der Waals surface area contributed by atoms with Gasteiger partial charge in [0, 0.05) is 60.0 Å². The molecule has 2 aliphatic rings. The minimum absolute atomic E-state index is 0.0652. The highest BCUT2D eigenvalue weighted by atomic mass is 32.2. The summed E-state index contributed by atoms with van der Waals surface area (Å²) in [6.07, 6.45) is 8.26. The summed E-state index contributed by atoms with van der Waals surface area (Å²) in [5.74, 6) is -2.39. The van der Waals surface area contributed by atoms with Gasteiger partial charge in [-0.1, -0.05) is 36.1 Å². The summed E-state index contributed by atoms with van der Waals surface area (Å²) in [4.78, 5) is 17.2. The molecule has 0 bridgehead atoms. The fourth-order valence-corrected chi connectivity index (χ4v) is 5.74. The van der Waals surface area contributed by atoms with Crippen molar-refractivity contribution in [1.29, 1.82) is 0 Å². The molecule has 202 valence electrons. The van der Waals surface area contributed by atoms with Crippen molar-refractivity contribution >= 4 is 39.1 Å². The van der Waals surface area contributed by atoms with E-state index in [0.29, 0.717) is 28.2 Å². The van der Waals surface area contributed by atoms with E-state index >= 15 is 4.39 Å². The summed E-state index contributed by atoms with van der Waals surface area (Å²) in [5.41, 5.74) is 0.680. The lowest BCUT2D eigenvalue weighted by atomic mass is 10.00. The first-order valence-electron chi connectivity index (χ1n) is 12.5. The summed E-state index contributed by atoms with van der Waals surface area (Å²) in [5, 5.41) is 13.5. The number of anilines is 1. The lowest BCUT2D eigenvalue weighted by Crippen LogP contribution is -2.29. The number of aromatic nitrogens is 3. The zero-order valence-corrected chi connectivity index (χ0v) is 22.1. The average Bonchev–Trinajstić information content (AvgIpc) is 3.72. The fourth-order valence-electron chi connectivity index (χ4n) is 4.49. The molecule has 1 aliphatic heterocycles. The highest BCUT2D eigenvalue weighted by molar-refractivity contribution is 7.92. The molecule has 11 heteroatoms. The van der Waals surface area contributed by atoms with Crippen molar-refractivity contribution in [3.05, 3.63) is 101 Å². The van der Waals surface area contributed by atoms with E-state index in [-0.39, 0.29) is 11.4 Å².